The smallest absolute Gasteiger partial charge is 0.328 e. The van der Waals surface area contributed by atoms with Gasteiger partial charge in [-0.1, -0.05) is 41.6 Å². The maximum absolute atomic E-state index is 12.6. The number of hydrogen-bond donors (Lipinski definition) is 5. The van der Waals surface area contributed by atoms with Crippen LogP contribution in [0.1, 0.15) is 29.2 Å². The number of aromatic amines is 2. The largest absolute Gasteiger partial charge is 0.497 e. The Labute approximate surface area is 209 Å². The molecule has 2 heterocycles. The molecule has 12 heteroatoms. The zero-order chi connectivity index (χ0) is 25.8. The number of H-pyrrole nitrogens is 2. The number of aromatic hydroxyl groups is 1. The number of aromatic nitrogens is 2. The van der Waals surface area contributed by atoms with Crippen LogP contribution in [0.3, 0.4) is 0 Å². The van der Waals surface area contributed by atoms with E-state index in [1.165, 1.54) is 0 Å². The highest BCUT2D eigenvalue weighted by atomic mass is 32.2. The Kier molecular flexibility index (Phi) is 7.25. The van der Waals surface area contributed by atoms with Gasteiger partial charge in [-0.25, -0.2) is 9.79 Å². The van der Waals surface area contributed by atoms with Crippen LogP contribution in [0.15, 0.2) is 63.1 Å². The minimum Gasteiger partial charge on any atom is -0.497 e. The Morgan fingerprint density at radius 2 is 1.81 bits per heavy atom. The molecule has 0 aliphatic carbocycles. The van der Waals surface area contributed by atoms with Crippen LogP contribution in [0, 0.1) is 6.92 Å². The van der Waals surface area contributed by atoms with Crippen molar-refractivity contribution in [1.82, 2.24) is 15.3 Å². The monoisotopic (exact) mass is 509 g/mol. The van der Waals surface area contributed by atoms with Crippen LogP contribution >= 0.6 is 11.8 Å². The number of thioether (sulfide) groups is 1. The fraction of sp³-hybridized carbons (Fsp3) is 0.208. The molecule has 0 radical (unpaired) electrons. The van der Waals surface area contributed by atoms with Crippen molar-refractivity contribution in [1.29, 1.82) is 0 Å². The van der Waals surface area contributed by atoms with E-state index >= 15 is 0 Å². The van der Waals surface area contributed by atoms with E-state index in [1.54, 1.807) is 43.5 Å². The van der Waals surface area contributed by atoms with E-state index in [-0.39, 0.29) is 23.1 Å². The van der Waals surface area contributed by atoms with Gasteiger partial charge in [0.2, 0.25) is 17.7 Å². The Morgan fingerprint density at radius 1 is 1.11 bits per heavy atom. The molecule has 0 bridgehead atoms. The number of ether oxygens (including phenoxy) is 1. The van der Waals surface area contributed by atoms with Gasteiger partial charge in [-0.15, -0.1) is 0 Å². The molecule has 5 N–H and O–H groups in total. The third-order valence-electron chi connectivity index (χ3n) is 5.39. The lowest BCUT2D eigenvalue weighted by Gasteiger charge is -2.14. The molecular weight excluding hydrogens is 486 g/mol. The molecule has 1 fully saturated rings. The molecule has 2 aromatic carbocycles. The lowest BCUT2D eigenvalue weighted by Crippen LogP contribution is -2.29. The van der Waals surface area contributed by atoms with Crippen LogP contribution in [-0.2, 0) is 9.59 Å². The lowest BCUT2D eigenvalue weighted by atomic mass is 10.00. The van der Waals surface area contributed by atoms with Crippen molar-refractivity contribution in [2.24, 2.45) is 4.99 Å². The number of aryl methyl sites for hydroxylation is 1. The number of nitrogens with one attached hydrogen (secondary N) is 4. The number of aliphatic imine (C=N–C) groups is 1. The van der Waals surface area contributed by atoms with Crippen LogP contribution in [-0.4, -0.2) is 44.4 Å². The van der Waals surface area contributed by atoms with Gasteiger partial charge in [0.25, 0.3) is 5.56 Å². The van der Waals surface area contributed by atoms with Gasteiger partial charge in [-0.2, -0.15) is 0 Å². The van der Waals surface area contributed by atoms with Crippen molar-refractivity contribution in [3.05, 3.63) is 86.1 Å². The zero-order valence-corrected chi connectivity index (χ0v) is 20.1. The molecule has 3 aromatic rings. The number of carbonyl (C=O) groups excluding carboxylic acids is 2. The predicted octanol–water partition coefficient (Wildman–Crippen LogP) is 1.79. The van der Waals surface area contributed by atoms with Gasteiger partial charge < -0.3 is 20.5 Å². The third kappa shape index (κ3) is 5.66. The number of hydrogen-bond acceptors (Lipinski definition) is 8. The molecule has 2 unspecified atom stereocenters. The summed E-state index contributed by atoms with van der Waals surface area (Å²) in [5.74, 6) is -0.747. The predicted molar refractivity (Wildman–Crippen MR) is 136 cm³/mol. The van der Waals surface area contributed by atoms with Gasteiger partial charge in [-0.3, -0.25) is 24.4 Å². The minimum atomic E-state index is -1.03. The number of anilines is 1. The number of carbonyl (C=O) groups is 2. The fourth-order valence-electron chi connectivity index (χ4n) is 3.56. The first kappa shape index (κ1) is 24.8. The molecule has 0 saturated carbocycles. The topological polar surface area (TPSA) is 166 Å². The number of benzene rings is 2. The van der Waals surface area contributed by atoms with Gasteiger partial charge in [0.05, 0.1) is 7.11 Å². The Hall–Kier alpha value is -4.32. The molecule has 11 nitrogen and oxygen atoms in total. The fourth-order valence-corrected chi connectivity index (χ4v) is 4.56. The molecule has 1 aliphatic rings. The summed E-state index contributed by atoms with van der Waals surface area (Å²) in [6.45, 7) is 1.89. The van der Waals surface area contributed by atoms with E-state index in [0.29, 0.717) is 17.0 Å². The van der Waals surface area contributed by atoms with Gasteiger partial charge >= 0.3 is 5.69 Å². The summed E-state index contributed by atoms with van der Waals surface area (Å²) in [5.41, 5.74) is 0.235. The Balaban J connectivity index is 1.56. The molecule has 186 valence electrons. The molecule has 1 aromatic heterocycles. The second-order valence-electron chi connectivity index (χ2n) is 7.99. The van der Waals surface area contributed by atoms with Gasteiger partial charge in [0.1, 0.15) is 22.6 Å². The molecule has 0 spiro atoms. The third-order valence-corrected chi connectivity index (χ3v) is 6.49. The van der Waals surface area contributed by atoms with Crippen molar-refractivity contribution in [2.75, 3.05) is 12.4 Å². The summed E-state index contributed by atoms with van der Waals surface area (Å²) >= 11 is 1.04. The molecule has 1 saturated heterocycles. The first-order valence-corrected chi connectivity index (χ1v) is 11.7. The van der Waals surface area contributed by atoms with Crippen molar-refractivity contribution in [3.63, 3.8) is 0 Å². The molecule has 4 rings (SSSR count). The van der Waals surface area contributed by atoms with Crippen LogP contribution < -0.4 is 26.6 Å². The van der Waals surface area contributed by atoms with Gasteiger partial charge in [-0.05, 0) is 36.8 Å². The maximum Gasteiger partial charge on any atom is 0.328 e. The zero-order valence-electron chi connectivity index (χ0n) is 19.3. The minimum absolute atomic E-state index is 0.110. The standard InChI is InChI=1S/C24H23N5O6S/c1-12-3-5-13(6-4-12)19(18-21(32)27-23(34)28-22(18)33)26-24-29-20(31)16(36-24)11-17(30)25-14-7-9-15(35-2)10-8-14/h3-10,16,19H,11H2,1-2H3,(H,25,30)(H,26,29,31)(H3,27,28,32,33,34). The van der Waals surface area contributed by atoms with Crippen molar-refractivity contribution in [2.45, 2.75) is 24.6 Å². The first-order valence-electron chi connectivity index (χ1n) is 10.8. The summed E-state index contributed by atoms with van der Waals surface area (Å²) in [6, 6.07) is 12.8. The highest BCUT2D eigenvalue weighted by Crippen LogP contribution is 2.32. The lowest BCUT2D eigenvalue weighted by molar-refractivity contribution is -0.122. The average molecular weight is 510 g/mol. The summed E-state index contributed by atoms with van der Waals surface area (Å²) in [7, 11) is 1.54. The number of nitrogens with zero attached hydrogens (tertiary/aromatic N) is 1. The number of methoxy groups -OCH3 is 1. The molecular formula is C24H23N5O6S. The van der Waals surface area contributed by atoms with E-state index in [4.69, 9.17) is 4.74 Å². The number of amidine groups is 1. The highest BCUT2D eigenvalue weighted by molar-refractivity contribution is 8.15. The van der Waals surface area contributed by atoms with Crippen molar-refractivity contribution >= 4 is 34.4 Å². The number of amides is 2. The normalized spacial score (nSPS) is 17.0. The molecule has 2 atom stereocenters. The van der Waals surface area contributed by atoms with E-state index in [2.05, 4.69) is 25.6 Å². The van der Waals surface area contributed by atoms with Crippen molar-refractivity contribution < 1.29 is 19.4 Å². The second kappa shape index (κ2) is 10.5. The first-order chi connectivity index (χ1) is 17.2. The number of rotatable bonds is 7. The van der Waals surface area contributed by atoms with Crippen LogP contribution in [0.2, 0.25) is 0 Å². The van der Waals surface area contributed by atoms with E-state index in [1.807, 2.05) is 19.1 Å². The average Bonchev–Trinajstić information content (AvgIpc) is 3.17. The Morgan fingerprint density at radius 3 is 2.44 bits per heavy atom. The van der Waals surface area contributed by atoms with E-state index in [9.17, 15) is 24.3 Å². The van der Waals surface area contributed by atoms with Crippen LogP contribution in [0.5, 0.6) is 11.6 Å². The van der Waals surface area contributed by atoms with Gasteiger partial charge in [0.15, 0.2) is 5.17 Å². The highest BCUT2D eigenvalue weighted by Gasteiger charge is 2.33. The summed E-state index contributed by atoms with van der Waals surface area (Å²) < 4.78 is 5.09. The van der Waals surface area contributed by atoms with Crippen molar-refractivity contribution in [3.8, 4) is 11.6 Å². The molecule has 36 heavy (non-hydrogen) atoms. The molecule has 2 amide bonds. The summed E-state index contributed by atoms with van der Waals surface area (Å²) in [4.78, 5) is 57.9. The van der Waals surface area contributed by atoms with E-state index in [0.717, 1.165) is 17.3 Å². The quantitative estimate of drug-likeness (QED) is 0.324. The maximum atomic E-state index is 12.6. The van der Waals surface area contributed by atoms with Gasteiger partial charge in [0, 0.05) is 12.1 Å². The van der Waals surface area contributed by atoms with E-state index < -0.39 is 34.3 Å². The van der Waals surface area contributed by atoms with Crippen LogP contribution in [0.4, 0.5) is 5.69 Å². The summed E-state index contributed by atoms with van der Waals surface area (Å²) in [6.07, 6.45) is -0.110. The van der Waals surface area contributed by atoms with Crippen LogP contribution in [0.25, 0.3) is 0 Å². The summed E-state index contributed by atoms with van der Waals surface area (Å²) in [5, 5.41) is 15.1. The molecule has 1 aliphatic heterocycles. The second-order valence-corrected chi connectivity index (χ2v) is 9.19. The Bertz CT molecular complexity index is 1430. The SMILES string of the molecule is COc1ccc(NC(=O)CC2SC(=NC(c3ccc(C)cc3)c3c(O)[nH]c(=O)[nH]c3=O)NC2=O)cc1.